The first-order valence-electron chi connectivity index (χ1n) is 7.36. The van der Waals surface area contributed by atoms with Gasteiger partial charge in [0.25, 0.3) is 5.91 Å². The summed E-state index contributed by atoms with van der Waals surface area (Å²) in [6, 6.07) is 7.05. The molecule has 0 unspecified atom stereocenters. The molecular formula is C16H14ClFN4O2. The summed E-state index contributed by atoms with van der Waals surface area (Å²) in [5.41, 5.74) is 0.177. The van der Waals surface area contributed by atoms with E-state index in [1.807, 2.05) is 0 Å². The number of rotatable bonds is 4. The monoisotopic (exact) mass is 348 g/mol. The Morgan fingerprint density at radius 3 is 2.88 bits per heavy atom. The number of nitrogens with zero attached hydrogens (tertiary/aromatic N) is 3. The van der Waals surface area contributed by atoms with Gasteiger partial charge in [0.2, 0.25) is 0 Å². The van der Waals surface area contributed by atoms with Gasteiger partial charge in [0.05, 0.1) is 5.56 Å². The Morgan fingerprint density at radius 1 is 1.33 bits per heavy atom. The number of anilines is 1. The Kier molecular flexibility index (Phi) is 4.71. The fourth-order valence-electron chi connectivity index (χ4n) is 2.62. The molecular weight excluding hydrogens is 335 g/mol. The van der Waals surface area contributed by atoms with Gasteiger partial charge < -0.3 is 10.2 Å². The van der Waals surface area contributed by atoms with Gasteiger partial charge in [-0.25, -0.2) is 4.39 Å². The van der Waals surface area contributed by atoms with Gasteiger partial charge in [0.15, 0.2) is 5.15 Å². The maximum Gasteiger partial charge on any atom is 0.256 e. The van der Waals surface area contributed by atoms with Crippen molar-refractivity contribution in [2.75, 3.05) is 18.4 Å². The highest BCUT2D eigenvalue weighted by atomic mass is 35.5. The van der Waals surface area contributed by atoms with Crippen LogP contribution in [-0.2, 0) is 0 Å². The molecule has 8 heteroatoms. The maximum atomic E-state index is 13.9. The number of hydrogen-bond acceptors (Lipinski definition) is 5. The van der Waals surface area contributed by atoms with E-state index in [0.717, 1.165) is 6.07 Å². The number of aromatic nitrogens is 2. The number of carbonyl (C=O) groups excluding carboxylic acids is 2. The largest absolute Gasteiger partial charge is 0.364 e. The number of amides is 1. The Bertz CT molecular complexity index is 769. The molecule has 0 radical (unpaired) electrons. The van der Waals surface area contributed by atoms with Crippen molar-refractivity contribution in [1.29, 1.82) is 0 Å². The zero-order valence-corrected chi connectivity index (χ0v) is 13.3. The molecule has 1 amide bonds. The van der Waals surface area contributed by atoms with Crippen LogP contribution in [0.15, 0.2) is 30.3 Å². The standard InChI is InChI=1S/C16H14ClFN4O2/c17-14-3-4-15(21-20-14)19-11-5-6-22(8-11)16(24)12-7-10(9-23)1-2-13(12)18/h1-4,7,9,11H,5-6,8H2,(H,19,21)/t11-/m1/s1. The summed E-state index contributed by atoms with van der Waals surface area (Å²) < 4.78 is 13.9. The van der Waals surface area contributed by atoms with Gasteiger partial charge in [0, 0.05) is 24.7 Å². The SMILES string of the molecule is O=Cc1ccc(F)c(C(=O)N2CC[C@@H](Nc3ccc(Cl)nn3)C2)c1. The molecule has 1 N–H and O–H groups in total. The van der Waals surface area contributed by atoms with Crippen molar-refractivity contribution in [1.82, 2.24) is 15.1 Å². The summed E-state index contributed by atoms with van der Waals surface area (Å²) in [6.07, 6.45) is 1.29. The van der Waals surface area contributed by atoms with Gasteiger partial charge in [-0.3, -0.25) is 9.59 Å². The van der Waals surface area contributed by atoms with Crippen LogP contribution in [0.1, 0.15) is 27.1 Å². The smallest absolute Gasteiger partial charge is 0.256 e. The van der Waals surface area contributed by atoms with Crippen LogP contribution < -0.4 is 5.32 Å². The third kappa shape index (κ3) is 3.51. The molecule has 2 heterocycles. The summed E-state index contributed by atoms with van der Waals surface area (Å²) >= 11 is 5.69. The predicted octanol–water partition coefficient (Wildman–Crippen LogP) is 2.41. The number of carbonyl (C=O) groups is 2. The first-order chi connectivity index (χ1) is 11.6. The number of benzene rings is 1. The summed E-state index contributed by atoms with van der Waals surface area (Å²) in [4.78, 5) is 24.8. The highest BCUT2D eigenvalue weighted by molar-refractivity contribution is 6.29. The first-order valence-corrected chi connectivity index (χ1v) is 7.74. The molecule has 1 atom stereocenters. The Morgan fingerprint density at radius 2 is 2.17 bits per heavy atom. The summed E-state index contributed by atoms with van der Waals surface area (Å²) in [6.45, 7) is 0.899. The van der Waals surface area contributed by atoms with E-state index in [1.165, 1.54) is 12.1 Å². The number of aldehydes is 1. The Labute approximate surface area is 142 Å². The minimum absolute atomic E-state index is 0.0123. The van der Waals surface area contributed by atoms with Crippen LogP contribution >= 0.6 is 11.6 Å². The second-order valence-corrected chi connectivity index (χ2v) is 5.87. The zero-order valence-electron chi connectivity index (χ0n) is 12.6. The zero-order chi connectivity index (χ0) is 17.1. The average molecular weight is 349 g/mol. The third-order valence-corrected chi connectivity index (χ3v) is 4.02. The minimum Gasteiger partial charge on any atom is -0.364 e. The van der Waals surface area contributed by atoms with E-state index >= 15 is 0 Å². The van der Waals surface area contributed by atoms with E-state index in [2.05, 4.69) is 15.5 Å². The van der Waals surface area contributed by atoms with Crippen molar-refractivity contribution < 1.29 is 14.0 Å². The lowest BCUT2D eigenvalue weighted by molar-refractivity contribution is 0.0787. The molecule has 0 saturated carbocycles. The van der Waals surface area contributed by atoms with Crippen LogP contribution in [0.4, 0.5) is 10.2 Å². The topological polar surface area (TPSA) is 75.2 Å². The van der Waals surface area contributed by atoms with Gasteiger partial charge in [-0.05, 0) is 36.8 Å². The normalized spacial score (nSPS) is 16.9. The van der Waals surface area contributed by atoms with Crippen molar-refractivity contribution in [3.63, 3.8) is 0 Å². The number of likely N-dealkylation sites (tertiary alicyclic amines) is 1. The molecule has 1 aliphatic rings. The van der Waals surface area contributed by atoms with Gasteiger partial charge in [0.1, 0.15) is 17.9 Å². The number of hydrogen-bond donors (Lipinski definition) is 1. The van der Waals surface area contributed by atoms with Crippen LogP contribution in [0.25, 0.3) is 0 Å². The lowest BCUT2D eigenvalue weighted by Crippen LogP contribution is -2.32. The van der Waals surface area contributed by atoms with Crippen molar-refractivity contribution in [2.24, 2.45) is 0 Å². The van der Waals surface area contributed by atoms with Crippen molar-refractivity contribution in [3.8, 4) is 0 Å². The molecule has 24 heavy (non-hydrogen) atoms. The van der Waals surface area contributed by atoms with E-state index in [0.29, 0.717) is 36.8 Å². The molecule has 1 fully saturated rings. The van der Waals surface area contributed by atoms with E-state index in [4.69, 9.17) is 11.6 Å². The minimum atomic E-state index is -0.634. The molecule has 1 aliphatic heterocycles. The highest BCUT2D eigenvalue weighted by Crippen LogP contribution is 2.19. The molecule has 124 valence electrons. The van der Waals surface area contributed by atoms with Gasteiger partial charge >= 0.3 is 0 Å². The Balaban J connectivity index is 1.67. The molecule has 1 saturated heterocycles. The molecule has 1 aromatic heterocycles. The van der Waals surface area contributed by atoms with Crippen LogP contribution in [0.2, 0.25) is 5.15 Å². The fraction of sp³-hybridized carbons (Fsp3) is 0.250. The number of halogens is 2. The third-order valence-electron chi connectivity index (χ3n) is 3.82. The van der Waals surface area contributed by atoms with Gasteiger partial charge in [-0.1, -0.05) is 11.6 Å². The van der Waals surface area contributed by atoms with Crippen molar-refractivity contribution in [2.45, 2.75) is 12.5 Å². The molecule has 1 aromatic carbocycles. The Hall–Kier alpha value is -2.54. The summed E-state index contributed by atoms with van der Waals surface area (Å²) in [7, 11) is 0. The van der Waals surface area contributed by atoms with Crippen LogP contribution in [0, 0.1) is 5.82 Å². The van der Waals surface area contributed by atoms with Crippen molar-refractivity contribution in [3.05, 3.63) is 52.4 Å². The number of nitrogens with one attached hydrogen (secondary N) is 1. The lowest BCUT2D eigenvalue weighted by Gasteiger charge is -2.18. The molecule has 6 nitrogen and oxygen atoms in total. The van der Waals surface area contributed by atoms with Crippen LogP contribution in [-0.4, -0.2) is 46.4 Å². The first kappa shape index (κ1) is 16.3. The van der Waals surface area contributed by atoms with Crippen LogP contribution in [0.3, 0.4) is 0 Å². The highest BCUT2D eigenvalue weighted by Gasteiger charge is 2.28. The van der Waals surface area contributed by atoms with Crippen molar-refractivity contribution >= 4 is 29.6 Å². The van der Waals surface area contributed by atoms with E-state index in [1.54, 1.807) is 17.0 Å². The second-order valence-electron chi connectivity index (χ2n) is 5.48. The quantitative estimate of drug-likeness (QED) is 0.859. The molecule has 0 aliphatic carbocycles. The maximum absolute atomic E-state index is 13.9. The van der Waals surface area contributed by atoms with E-state index < -0.39 is 11.7 Å². The molecule has 0 spiro atoms. The predicted molar refractivity (Wildman–Crippen MR) is 86.8 cm³/mol. The second kappa shape index (κ2) is 6.92. The summed E-state index contributed by atoms with van der Waals surface area (Å²) in [5, 5.41) is 11.1. The summed E-state index contributed by atoms with van der Waals surface area (Å²) in [5.74, 6) is -0.499. The van der Waals surface area contributed by atoms with E-state index in [-0.39, 0.29) is 17.2 Å². The van der Waals surface area contributed by atoms with Gasteiger partial charge in [-0.2, -0.15) is 0 Å². The molecule has 0 bridgehead atoms. The molecule has 2 aromatic rings. The van der Waals surface area contributed by atoms with Gasteiger partial charge in [-0.15, -0.1) is 10.2 Å². The molecule has 3 rings (SSSR count). The van der Waals surface area contributed by atoms with Crippen LogP contribution in [0.5, 0.6) is 0 Å². The average Bonchev–Trinajstić information content (AvgIpc) is 3.05. The fourth-order valence-corrected chi connectivity index (χ4v) is 2.72. The van der Waals surface area contributed by atoms with E-state index in [9.17, 15) is 14.0 Å². The lowest BCUT2D eigenvalue weighted by atomic mass is 10.1.